The normalized spacial score (nSPS) is 13.7. The summed E-state index contributed by atoms with van der Waals surface area (Å²) in [5.41, 5.74) is 3.32. The minimum Gasteiger partial charge on any atom is -0.481 e. The van der Waals surface area contributed by atoms with Crippen molar-refractivity contribution >= 4 is 27.7 Å². The maximum absolute atomic E-state index is 12.4. The third kappa shape index (κ3) is 5.22. The Bertz CT molecular complexity index is 1210. The number of carbonyl (C=O) groups excluding carboxylic acids is 1. The second-order valence-corrected chi connectivity index (χ2v) is 8.65. The summed E-state index contributed by atoms with van der Waals surface area (Å²) in [6.07, 6.45) is 0.544. The average Bonchev–Trinajstić information content (AvgIpc) is 3.12. The molecular formula is C24H23NO6S. The molecule has 1 aliphatic heterocycles. The van der Waals surface area contributed by atoms with Crippen LogP contribution in [0.5, 0.6) is 0 Å². The maximum Gasteiger partial charge on any atom is 0.310 e. The van der Waals surface area contributed by atoms with Gasteiger partial charge in [0.05, 0.1) is 17.4 Å². The molecule has 0 aromatic heterocycles. The Labute approximate surface area is 186 Å². The molecule has 0 radical (unpaired) electrons. The van der Waals surface area contributed by atoms with Crippen molar-refractivity contribution in [2.45, 2.75) is 30.7 Å². The summed E-state index contributed by atoms with van der Waals surface area (Å²) < 4.78 is 29.2. The van der Waals surface area contributed by atoms with Crippen LogP contribution in [0.25, 0.3) is 0 Å². The van der Waals surface area contributed by atoms with Crippen molar-refractivity contribution in [3.8, 4) is 0 Å². The fourth-order valence-corrected chi connectivity index (χ4v) is 4.00. The van der Waals surface area contributed by atoms with Gasteiger partial charge in [0.25, 0.3) is 16.0 Å². The lowest BCUT2D eigenvalue weighted by Gasteiger charge is -2.17. The standard InChI is InChI=1S/C18H17NO3.C6H6O3S/c1-2-15(18(21)22)12-7-9-14(10-8-12)19-11-13-5-3-4-6-16(13)17(19)20;7-10(8,9)6-4-2-1-3-5-6/h3-10,15H,2,11H2,1H3,(H,21,22);1-5H,(H,7,8,9)/t15-;/m0./s1. The third-order valence-corrected chi connectivity index (χ3v) is 6.04. The molecule has 32 heavy (non-hydrogen) atoms. The second kappa shape index (κ2) is 9.76. The number of carboxylic acid groups (broad SMARTS) is 1. The molecule has 1 amide bonds. The van der Waals surface area contributed by atoms with Gasteiger partial charge in [-0.2, -0.15) is 8.42 Å². The van der Waals surface area contributed by atoms with Crippen LogP contribution in [0, 0.1) is 0 Å². The SMILES string of the molecule is CC[C@H](C(=O)O)c1ccc(N2Cc3ccccc3C2=O)cc1.O=S(=O)(O)c1ccccc1. The summed E-state index contributed by atoms with van der Waals surface area (Å²) in [7, 11) is -4.00. The zero-order valence-corrected chi connectivity index (χ0v) is 18.2. The zero-order chi connectivity index (χ0) is 23.3. The number of benzene rings is 3. The summed E-state index contributed by atoms with van der Waals surface area (Å²) in [4.78, 5) is 25.3. The fourth-order valence-electron chi connectivity index (χ4n) is 3.49. The molecule has 0 bridgehead atoms. The van der Waals surface area contributed by atoms with Crippen molar-refractivity contribution in [1.82, 2.24) is 0 Å². The Kier molecular flexibility index (Phi) is 7.07. The third-order valence-electron chi connectivity index (χ3n) is 5.18. The Morgan fingerprint density at radius 2 is 1.56 bits per heavy atom. The highest BCUT2D eigenvalue weighted by Crippen LogP contribution is 2.29. The van der Waals surface area contributed by atoms with Gasteiger partial charge in [-0.05, 0) is 47.9 Å². The van der Waals surface area contributed by atoms with Crippen molar-refractivity contribution in [1.29, 1.82) is 0 Å². The number of aliphatic carboxylic acids is 1. The largest absolute Gasteiger partial charge is 0.481 e. The first-order valence-electron chi connectivity index (χ1n) is 9.97. The van der Waals surface area contributed by atoms with E-state index in [1.54, 1.807) is 35.2 Å². The summed E-state index contributed by atoms with van der Waals surface area (Å²) in [6, 6.07) is 22.3. The predicted octanol–water partition coefficient (Wildman–Crippen LogP) is 4.36. The van der Waals surface area contributed by atoms with Gasteiger partial charge in [0.2, 0.25) is 0 Å². The van der Waals surface area contributed by atoms with E-state index in [9.17, 15) is 23.1 Å². The molecule has 8 heteroatoms. The van der Waals surface area contributed by atoms with Gasteiger partial charge in [0.1, 0.15) is 0 Å². The number of carboxylic acids is 1. The monoisotopic (exact) mass is 453 g/mol. The number of anilines is 1. The molecule has 166 valence electrons. The Hall–Kier alpha value is -3.49. The summed E-state index contributed by atoms with van der Waals surface area (Å²) in [5.74, 6) is -1.32. The lowest BCUT2D eigenvalue weighted by molar-refractivity contribution is -0.138. The zero-order valence-electron chi connectivity index (χ0n) is 17.4. The molecule has 1 heterocycles. The van der Waals surface area contributed by atoms with Gasteiger partial charge in [0, 0.05) is 11.3 Å². The van der Waals surface area contributed by atoms with Crippen molar-refractivity contribution in [3.05, 3.63) is 95.6 Å². The van der Waals surface area contributed by atoms with E-state index in [0.29, 0.717) is 13.0 Å². The maximum atomic E-state index is 12.4. The topological polar surface area (TPSA) is 112 Å². The molecule has 0 saturated heterocycles. The first kappa shape index (κ1) is 23.2. The fraction of sp³-hybridized carbons (Fsp3) is 0.167. The van der Waals surface area contributed by atoms with Gasteiger partial charge < -0.3 is 10.0 Å². The Morgan fingerprint density at radius 1 is 0.969 bits per heavy atom. The Morgan fingerprint density at radius 3 is 2.06 bits per heavy atom. The first-order valence-corrected chi connectivity index (χ1v) is 11.4. The molecule has 1 atom stereocenters. The number of carbonyl (C=O) groups is 2. The smallest absolute Gasteiger partial charge is 0.310 e. The average molecular weight is 454 g/mol. The quantitative estimate of drug-likeness (QED) is 0.555. The Balaban J connectivity index is 0.000000243. The molecule has 4 rings (SSSR count). The van der Waals surface area contributed by atoms with E-state index in [4.69, 9.17) is 4.55 Å². The number of rotatable bonds is 5. The van der Waals surface area contributed by atoms with Gasteiger partial charge >= 0.3 is 5.97 Å². The number of nitrogens with zero attached hydrogens (tertiary/aromatic N) is 1. The van der Waals surface area contributed by atoms with Crippen LogP contribution in [-0.4, -0.2) is 30.0 Å². The van der Waals surface area contributed by atoms with E-state index in [0.717, 1.165) is 22.4 Å². The predicted molar refractivity (Wildman–Crippen MR) is 120 cm³/mol. The van der Waals surface area contributed by atoms with Crippen LogP contribution >= 0.6 is 0 Å². The van der Waals surface area contributed by atoms with E-state index < -0.39 is 22.0 Å². The van der Waals surface area contributed by atoms with Crippen molar-refractivity contribution in [2.75, 3.05) is 4.90 Å². The van der Waals surface area contributed by atoms with Crippen LogP contribution in [0.2, 0.25) is 0 Å². The van der Waals surface area contributed by atoms with E-state index in [2.05, 4.69) is 0 Å². The second-order valence-electron chi connectivity index (χ2n) is 7.23. The van der Waals surface area contributed by atoms with Crippen LogP contribution in [0.4, 0.5) is 5.69 Å². The molecule has 3 aromatic carbocycles. The van der Waals surface area contributed by atoms with Crippen LogP contribution in [-0.2, 0) is 21.5 Å². The van der Waals surface area contributed by atoms with E-state index in [-0.39, 0.29) is 10.8 Å². The van der Waals surface area contributed by atoms with E-state index in [1.165, 1.54) is 12.1 Å². The molecule has 3 aromatic rings. The molecule has 0 spiro atoms. The molecule has 0 fully saturated rings. The highest BCUT2D eigenvalue weighted by molar-refractivity contribution is 7.85. The number of hydrogen-bond donors (Lipinski definition) is 2. The highest BCUT2D eigenvalue weighted by atomic mass is 32.2. The van der Waals surface area contributed by atoms with Gasteiger partial charge in [-0.25, -0.2) is 0 Å². The number of amides is 1. The van der Waals surface area contributed by atoms with Crippen LogP contribution < -0.4 is 4.90 Å². The number of hydrogen-bond acceptors (Lipinski definition) is 4. The van der Waals surface area contributed by atoms with Gasteiger partial charge in [-0.3, -0.25) is 14.1 Å². The molecule has 0 aliphatic carbocycles. The van der Waals surface area contributed by atoms with E-state index >= 15 is 0 Å². The van der Waals surface area contributed by atoms with Crippen LogP contribution in [0.3, 0.4) is 0 Å². The first-order chi connectivity index (χ1) is 15.2. The lowest BCUT2D eigenvalue weighted by atomic mass is 9.96. The molecule has 0 unspecified atom stereocenters. The molecular weight excluding hydrogens is 430 g/mol. The van der Waals surface area contributed by atoms with E-state index in [1.807, 2.05) is 43.3 Å². The van der Waals surface area contributed by atoms with Gasteiger partial charge in [-0.1, -0.05) is 55.5 Å². The summed E-state index contributed by atoms with van der Waals surface area (Å²) >= 11 is 0. The highest BCUT2D eigenvalue weighted by Gasteiger charge is 2.28. The van der Waals surface area contributed by atoms with Gasteiger partial charge in [-0.15, -0.1) is 0 Å². The van der Waals surface area contributed by atoms with Crippen LogP contribution in [0.15, 0.2) is 83.8 Å². The van der Waals surface area contributed by atoms with Crippen molar-refractivity contribution in [2.24, 2.45) is 0 Å². The summed E-state index contributed by atoms with van der Waals surface area (Å²) in [5, 5.41) is 9.20. The van der Waals surface area contributed by atoms with Crippen molar-refractivity contribution in [3.63, 3.8) is 0 Å². The molecule has 2 N–H and O–H groups in total. The van der Waals surface area contributed by atoms with Gasteiger partial charge in [0.15, 0.2) is 0 Å². The number of fused-ring (bicyclic) bond motifs is 1. The lowest BCUT2D eigenvalue weighted by Crippen LogP contribution is -2.23. The van der Waals surface area contributed by atoms with Crippen LogP contribution in [0.1, 0.15) is 40.7 Å². The minimum absolute atomic E-state index is 0.00590. The molecule has 1 aliphatic rings. The summed E-state index contributed by atoms with van der Waals surface area (Å²) in [6.45, 7) is 2.41. The molecule has 7 nitrogen and oxygen atoms in total. The van der Waals surface area contributed by atoms with Crippen molar-refractivity contribution < 1.29 is 27.7 Å². The molecule has 0 saturated carbocycles. The minimum atomic E-state index is -4.00.